The molecule has 1 aromatic carbocycles. The summed E-state index contributed by atoms with van der Waals surface area (Å²) < 4.78 is 9.46. The molecule has 1 aliphatic carbocycles. The van der Waals surface area contributed by atoms with Gasteiger partial charge < -0.3 is 9.30 Å². The average molecular weight is 415 g/mol. The van der Waals surface area contributed by atoms with E-state index in [4.69, 9.17) is 4.74 Å². The Bertz CT molecular complexity index is 1300. The van der Waals surface area contributed by atoms with Crippen LogP contribution in [0.5, 0.6) is 5.75 Å². The number of benzene rings is 1. The van der Waals surface area contributed by atoms with E-state index in [2.05, 4.69) is 33.8 Å². The quantitative estimate of drug-likeness (QED) is 0.468. The molecule has 3 heterocycles. The number of nitrogens with zero attached hydrogens (tertiary/aromatic N) is 4. The van der Waals surface area contributed by atoms with Gasteiger partial charge in [0, 0.05) is 41.6 Å². The van der Waals surface area contributed by atoms with E-state index in [9.17, 15) is 4.79 Å². The van der Waals surface area contributed by atoms with Gasteiger partial charge in [-0.3, -0.25) is 9.78 Å². The Kier molecular flexibility index (Phi) is 5.06. The van der Waals surface area contributed by atoms with Crippen molar-refractivity contribution in [1.29, 1.82) is 0 Å². The van der Waals surface area contributed by atoms with Crippen molar-refractivity contribution >= 4 is 10.9 Å². The molecule has 0 saturated carbocycles. The lowest BCUT2D eigenvalue weighted by atomic mass is 10.1. The van der Waals surface area contributed by atoms with Gasteiger partial charge in [0.25, 0.3) is 5.56 Å². The van der Waals surface area contributed by atoms with Gasteiger partial charge in [0.15, 0.2) is 0 Å². The number of fused-ring (bicyclic) bond motifs is 3. The first-order valence-corrected chi connectivity index (χ1v) is 10.8. The normalized spacial score (nSPS) is 13.7. The van der Waals surface area contributed by atoms with E-state index in [1.54, 1.807) is 12.4 Å². The standard InChI is InChI=1S/C25H26N4O2/c1-17-8-9-18(14-26-17)16-31-20-13-25(30)29(27-15-20)19-10-11-22-21-6-4-3-5-7-23(21)28(2)24(22)12-19/h8-15H,3-7,16H2,1-2H3. The van der Waals surface area contributed by atoms with Gasteiger partial charge in [-0.1, -0.05) is 18.6 Å². The molecule has 158 valence electrons. The molecule has 0 radical (unpaired) electrons. The second-order valence-electron chi connectivity index (χ2n) is 8.28. The van der Waals surface area contributed by atoms with E-state index in [0.29, 0.717) is 12.4 Å². The number of pyridine rings is 1. The fourth-order valence-corrected chi connectivity index (χ4v) is 4.47. The van der Waals surface area contributed by atoms with Crippen molar-refractivity contribution in [2.45, 2.75) is 45.6 Å². The molecule has 31 heavy (non-hydrogen) atoms. The highest BCUT2D eigenvalue weighted by molar-refractivity contribution is 5.87. The molecular weight excluding hydrogens is 388 g/mol. The van der Waals surface area contributed by atoms with Crippen LogP contribution in [0.2, 0.25) is 0 Å². The maximum atomic E-state index is 12.8. The molecule has 4 aromatic rings. The van der Waals surface area contributed by atoms with E-state index in [1.807, 2.05) is 25.1 Å². The van der Waals surface area contributed by atoms with Crippen LogP contribution >= 0.6 is 0 Å². The predicted molar refractivity (Wildman–Crippen MR) is 121 cm³/mol. The van der Waals surface area contributed by atoms with Crippen molar-refractivity contribution in [3.05, 3.63) is 81.7 Å². The zero-order valence-corrected chi connectivity index (χ0v) is 18.0. The molecule has 0 fully saturated rings. The topological polar surface area (TPSA) is 61.9 Å². The van der Waals surface area contributed by atoms with E-state index < -0.39 is 0 Å². The number of ether oxygens (including phenoxy) is 1. The molecule has 0 aliphatic heterocycles. The zero-order valence-electron chi connectivity index (χ0n) is 18.0. The van der Waals surface area contributed by atoms with E-state index >= 15 is 0 Å². The Morgan fingerprint density at radius 3 is 2.71 bits per heavy atom. The van der Waals surface area contributed by atoms with Crippen molar-refractivity contribution in [2.75, 3.05) is 0 Å². The summed E-state index contributed by atoms with van der Waals surface area (Å²) in [6.45, 7) is 2.29. The second-order valence-corrected chi connectivity index (χ2v) is 8.28. The second kappa shape index (κ2) is 8.02. The van der Waals surface area contributed by atoms with Gasteiger partial charge in [-0.2, -0.15) is 9.78 Å². The molecule has 5 rings (SSSR count). The molecule has 0 saturated heterocycles. The van der Waals surface area contributed by atoms with Gasteiger partial charge in [0.2, 0.25) is 0 Å². The van der Waals surface area contributed by atoms with Crippen LogP contribution in [0.25, 0.3) is 16.6 Å². The summed E-state index contributed by atoms with van der Waals surface area (Å²) in [5.41, 5.74) is 6.52. The molecule has 6 heteroatoms. The van der Waals surface area contributed by atoms with Crippen LogP contribution in [0.3, 0.4) is 0 Å². The minimum absolute atomic E-state index is 0.213. The van der Waals surface area contributed by atoms with Crippen molar-refractivity contribution in [1.82, 2.24) is 19.3 Å². The largest absolute Gasteiger partial charge is 0.487 e. The summed E-state index contributed by atoms with van der Waals surface area (Å²) in [6, 6.07) is 11.6. The summed E-state index contributed by atoms with van der Waals surface area (Å²) in [6.07, 6.45) is 9.40. The third kappa shape index (κ3) is 3.74. The molecule has 0 atom stereocenters. The molecular formula is C25H26N4O2. The van der Waals surface area contributed by atoms with Crippen LogP contribution < -0.4 is 10.3 Å². The Labute approximate surface area is 181 Å². The summed E-state index contributed by atoms with van der Waals surface area (Å²) in [5.74, 6) is 0.452. The fourth-order valence-electron chi connectivity index (χ4n) is 4.47. The third-order valence-corrected chi connectivity index (χ3v) is 6.16. The molecule has 0 unspecified atom stereocenters. The Morgan fingerprint density at radius 2 is 1.90 bits per heavy atom. The molecule has 3 aromatic heterocycles. The van der Waals surface area contributed by atoms with Crippen molar-refractivity contribution in [3.63, 3.8) is 0 Å². The maximum absolute atomic E-state index is 12.8. The smallest absolute Gasteiger partial charge is 0.275 e. The highest BCUT2D eigenvalue weighted by atomic mass is 16.5. The SMILES string of the molecule is Cc1ccc(COc2cnn(-c3ccc4c5c(n(C)c4c3)CCCCC5)c(=O)c2)cn1. The first-order chi connectivity index (χ1) is 15.1. The first-order valence-electron chi connectivity index (χ1n) is 10.8. The lowest BCUT2D eigenvalue weighted by molar-refractivity contribution is 0.302. The van der Waals surface area contributed by atoms with Crippen LogP contribution in [0.15, 0.2) is 53.6 Å². The van der Waals surface area contributed by atoms with Gasteiger partial charge in [0.05, 0.1) is 17.4 Å². The summed E-state index contributed by atoms with van der Waals surface area (Å²) in [5, 5.41) is 5.66. The van der Waals surface area contributed by atoms with Crippen LogP contribution in [0.4, 0.5) is 0 Å². The van der Waals surface area contributed by atoms with Crippen LogP contribution in [-0.2, 0) is 26.5 Å². The van der Waals surface area contributed by atoms with Crippen molar-refractivity contribution in [3.8, 4) is 11.4 Å². The first kappa shape index (κ1) is 19.5. The van der Waals surface area contributed by atoms with Gasteiger partial charge in [0.1, 0.15) is 12.4 Å². The van der Waals surface area contributed by atoms with Crippen LogP contribution in [0, 0.1) is 6.92 Å². The summed E-state index contributed by atoms with van der Waals surface area (Å²) in [4.78, 5) is 17.0. The van der Waals surface area contributed by atoms with E-state index in [0.717, 1.165) is 35.3 Å². The Morgan fingerprint density at radius 1 is 1.03 bits per heavy atom. The van der Waals surface area contributed by atoms with Crippen LogP contribution in [-0.4, -0.2) is 19.3 Å². The molecule has 6 nitrogen and oxygen atoms in total. The lowest BCUT2D eigenvalue weighted by Crippen LogP contribution is -2.20. The average Bonchev–Trinajstić information content (AvgIpc) is 2.93. The molecule has 0 bridgehead atoms. The molecule has 0 N–H and O–H groups in total. The van der Waals surface area contributed by atoms with E-state index in [1.165, 1.54) is 46.7 Å². The van der Waals surface area contributed by atoms with Crippen molar-refractivity contribution < 1.29 is 4.74 Å². The highest BCUT2D eigenvalue weighted by Crippen LogP contribution is 2.31. The Hall–Kier alpha value is -3.41. The number of aromatic nitrogens is 4. The predicted octanol–water partition coefficient (Wildman–Crippen LogP) is 4.28. The third-order valence-electron chi connectivity index (χ3n) is 6.16. The van der Waals surface area contributed by atoms with E-state index in [-0.39, 0.29) is 5.56 Å². The number of rotatable bonds is 4. The highest BCUT2D eigenvalue weighted by Gasteiger charge is 2.18. The number of aryl methyl sites for hydroxylation is 3. The lowest BCUT2D eigenvalue weighted by Gasteiger charge is -2.09. The summed E-state index contributed by atoms with van der Waals surface area (Å²) >= 11 is 0. The monoisotopic (exact) mass is 414 g/mol. The zero-order chi connectivity index (χ0) is 21.4. The molecule has 0 spiro atoms. The number of hydrogen-bond donors (Lipinski definition) is 0. The van der Waals surface area contributed by atoms with Gasteiger partial charge in [-0.15, -0.1) is 0 Å². The minimum atomic E-state index is -0.213. The van der Waals surface area contributed by atoms with Gasteiger partial charge in [-0.05, 0) is 56.4 Å². The summed E-state index contributed by atoms with van der Waals surface area (Å²) in [7, 11) is 2.13. The van der Waals surface area contributed by atoms with Crippen molar-refractivity contribution in [2.24, 2.45) is 7.05 Å². The Balaban J connectivity index is 1.42. The number of hydrogen-bond acceptors (Lipinski definition) is 4. The fraction of sp³-hybridized carbons (Fsp3) is 0.320. The maximum Gasteiger partial charge on any atom is 0.275 e. The molecule has 0 amide bonds. The molecule has 1 aliphatic rings. The minimum Gasteiger partial charge on any atom is -0.487 e. The van der Waals surface area contributed by atoms with Crippen LogP contribution in [0.1, 0.15) is 41.8 Å². The van der Waals surface area contributed by atoms with Gasteiger partial charge in [-0.25, -0.2) is 0 Å². The van der Waals surface area contributed by atoms with Gasteiger partial charge >= 0.3 is 0 Å².